The molecule has 120 valence electrons. The molecule has 1 unspecified atom stereocenters. The van der Waals surface area contributed by atoms with Crippen molar-refractivity contribution in [2.45, 2.75) is 37.8 Å². The summed E-state index contributed by atoms with van der Waals surface area (Å²) in [6.07, 6.45) is 4.32. The van der Waals surface area contributed by atoms with E-state index in [0.717, 1.165) is 50.3 Å². The zero-order valence-corrected chi connectivity index (χ0v) is 13.1. The summed E-state index contributed by atoms with van der Waals surface area (Å²) in [4.78, 5) is 14.4. The van der Waals surface area contributed by atoms with Crippen molar-refractivity contribution >= 4 is 5.91 Å². The predicted molar refractivity (Wildman–Crippen MR) is 84.2 cm³/mol. The van der Waals surface area contributed by atoms with Gasteiger partial charge in [0.25, 0.3) is 0 Å². The van der Waals surface area contributed by atoms with Crippen LogP contribution in [-0.2, 0) is 4.79 Å². The molecule has 5 nitrogen and oxygen atoms in total. The molecule has 0 spiro atoms. The molecule has 3 rings (SSSR count). The molecule has 1 aliphatic heterocycles. The maximum Gasteiger partial charge on any atom is 0.237 e. The lowest BCUT2D eigenvalue weighted by molar-refractivity contribution is -0.125. The molecular weight excluding hydrogens is 280 g/mol. The fourth-order valence-corrected chi connectivity index (χ4v) is 2.87. The first-order valence-corrected chi connectivity index (χ1v) is 8.07. The molecule has 1 aromatic carbocycles. The molecule has 1 N–H and O–H groups in total. The van der Waals surface area contributed by atoms with Crippen LogP contribution in [-0.4, -0.2) is 49.7 Å². The van der Waals surface area contributed by atoms with Crippen LogP contribution >= 0.6 is 0 Å². The first-order valence-electron chi connectivity index (χ1n) is 8.07. The second kappa shape index (κ2) is 7.01. The number of carbonyl (C=O) groups excluding carboxylic acids is 1. The van der Waals surface area contributed by atoms with E-state index in [1.807, 2.05) is 24.3 Å². The topological polar surface area (TPSA) is 50.8 Å². The molecule has 1 amide bonds. The van der Waals surface area contributed by atoms with Gasteiger partial charge in [-0.1, -0.05) is 0 Å². The Bertz CT molecular complexity index is 499. The molecule has 1 heterocycles. The Hall–Kier alpha value is -1.75. The summed E-state index contributed by atoms with van der Waals surface area (Å²) in [6, 6.07) is 8.04. The predicted octanol–water partition coefficient (Wildman–Crippen LogP) is 1.82. The number of hydrogen-bond donors (Lipinski definition) is 1. The van der Waals surface area contributed by atoms with Crippen molar-refractivity contribution in [2.24, 2.45) is 0 Å². The van der Waals surface area contributed by atoms with Crippen LogP contribution in [0.2, 0.25) is 0 Å². The summed E-state index contributed by atoms with van der Waals surface area (Å²) in [5, 5.41) is 3.11. The van der Waals surface area contributed by atoms with Crippen LogP contribution in [0.4, 0.5) is 0 Å². The lowest BCUT2D eigenvalue weighted by atomic mass is 10.2. The molecule has 0 aromatic heterocycles. The van der Waals surface area contributed by atoms with E-state index in [1.165, 1.54) is 0 Å². The minimum absolute atomic E-state index is 0.0278. The number of ether oxygens (including phenoxy) is 2. The van der Waals surface area contributed by atoms with Crippen LogP contribution in [0.3, 0.4) is 0 Å². The Labute approximate surface area is 131 Å². The number of likely N-dealkylation sites (tertiary alicyclic amines) is 1. The summed E-state index contributed by atoms with van der Waals surface area (Å²) in [5.41, 5.74) is 0. The Morgan fingerprint density at radius 3 is 2.64 bits per heavy atom. The highest BCUT2D eigenvalue weighted by Gasteiger charge is 2.33. The van der Waals surface area contributed by atoms with E-state index in [4.69, 9.17) is 9.47 Å². The van der Waals surface area contributed by atoms with Crippen molar-refractivity contribution in [2.75, 3.05) is 26.8 Å². The highest BCUT2D eigenvalue weighted by atomic mass is 16.5. The van der Waals surface area contributed by atoms with Crippen molar-refractivity contribution in [1.82, 2.24) is 10.2 Å². The fourth-order valence-electron chi connectivity index (χ4n) is 2.87. The lowest BCUT2D eigenvalue weighted by Gasteiger charge is -2.23. The van der Waals surface area contributed by atoms with E-state index in [-0.39, 0.29) is 11.9 Å². The minimum atomic E-state index is 0.0278. The third-order valence-electron chi connectivity index (χ3n) is 4.30. The molecule has 2 aliphatic rings. The smallest absolute Gasteiger partial charge is 0.237 e. The normalized spacial score (nSPS) is 21.6. The lowest BCUT2D eigenvalue weighted by Crippen LogP contribution is -2.45. The van der Waals surface area contributed by atoms with Crippen LogP contribution in [0.15, 0.2) is 24.3 Å². The van der Waals surface area contributed by atoms with Crippen molar-refractivity contribution in [3.05, 3.63) is 24.3 Å². The largest absolute Gasteiger partial charge is 0.497 e. The fraction of sp³-hybridized carbons (Fsp3) is 0.588. The third kappa shape index (κ3) is 3.91. The molecule has 2 fully saturated rings. The van der Waals surface area contributed by atoms with E-state index in [2.05, 4.69) is 10.2 Å². The quantitative estimate of drug-likeness (QED) is 0.835. The molecule has 1 aromatic rings. The van der Waals surface area contributed by atoms with E-state index < -0.39 is 0 Å². The van der Waals surface area contributed by atoms with Gasteiger partial charge >= 0.3 is 0 Å². The van der Waals surface area contributed by atoms with Gasteiger partial charge in [-0.15, -0.1) is 0 Å². The molecule has 1 saturated carbocycles. The van der Waals surface area contributed by atoms with Crippen molar-refractivity contribution in [3.8, 4) is 11.5 Å². The van der Waals surface area contributed by atoms with Crippen molar-refractivity contribution in [1.29, 1.82) is 0 Å². The van der Waals surface area contributed by atoms with Gasteiger partial charge in [-0.05, 0) is 56.5 Å². The number of benzene rings is 1. The SMILES string of the molecule is COc1ccc(OCCN2CCCC2C(=O)NC2CC2)cc1. The summed E-state index contributed by atoms with van der Waals surface area (Å²) in [6.45, 7) is 2.36. The highest BCUT2D eigenvalue weighted by Crippen LogP contribution is 2.22. The first kappa shape index (κ1) is 15.2. The zero-order valence-electron chi connectivity index (χ0n) is 13.1. The van der Waals surface area contributed by atoms with Crippen molar-refractivity contribution < 1.29 is 14.3 Å². The minimum Gasteiger partial charge on any atom is -0.497 e. The number of nitrogens with zero attached hydrogens (tertiary/aromatic N) is 1. The van der Waals surface area contributed by atoms with Gasteiger partial charge in [-0.25, -0.2) is 0 Å². The Kier molecular flexibility index (Phi) is 4.83. The van der Waals surface area contributed by atoms with Crippen LogP contribution in [0.25, 0.3) is 0 Å². The van der Waals surface area contributed by atoms with Gasteiger partial charge in [0, 0.05) is 12.6 Å². The van der Waals surface area contributed by atoms with E-state index in [1.54, 1.807) is 7.11 Å². The average molecular weight is 304 g/mol. The molecule has 1 atom stereocenters. The van der Waals surface area contributed by atoms with Gasteiger partial charge < -0.3 is 14.8 Å². The second-order valence-corrected chi connectivity index (χ2v) is 6.00. The molecule has 5 heteroatoms. The number of methoxy groups -OCH3 is 1. The van der Waals surface area contributed by atoms with E-state index >= 15 is 0 Å². The molecular formula is C17H24N2O3. The summed E-state index contributed by atoms with van der Waals surface area (Å²) < 4.78 is 10.9. The Morgan fingerprint density at radius 1 is 1.23 bits per heavy atom. The number of amides is 1. The molecule has 1 aliphatic carbocycles. The summed E-state index contributed by atoms with van der Waals surface area (Å²) in [7, 11) is 1.65. The Morgan fingerprint density at radius 2 is 1.95 bits per heavy atom. The number of rotatable bonds is 7. The molecule has 0 bridgehead atoms. The van der Waals surface area contributed by atoms with Crippen LogP contribution in [0, 0.1) is 0 Å². The zero-order chi connectivity index (χ0) is 15.4. The van der Waals surface area contributed by atoms with Gasteiger partial charge in [0.1, 0.15) is 18.1 Å². The summed E-state index contributed by atoms with van der Waals surface area (Å²) >= 11 is 0. The van der Waals surface area contributed by atoms with Crippen LogP contribution in [0.5, 0.6) is 11.5 Å². The van der Waals surface area contributed by atoms with Gasteiger partial charge in [-0.2, -0.15) is 0 Å². The number of nitrogens with one attached hydrogen (secondary N) is 1. The number of hydrogen-bond acceptors (Lipinski definition) is 4. The average Bonchev–Trinajstić information content (AvgIpc) is 3.23. The van der Waals surface area contributed by atoms with Crippen LogP contribution in [0.1, 0.15) is 25.7 Å². The maximum absolute atomic E-state index is 12.2. The van der Waals surface area contributed by atoms with Crippen LogP contribution < -0.4 is 14.8 Å². The van der Waals surface area contributed by atoms with Gasteiger partial charge in [-0.3, -0.25) is 9.69 Å². The number of carbonyl (C=O) groups is 1. The van der Waals surface area contributed by atoms with Gasteiger partial charge in [0.2, 0.25) is 5.91 Å². The second-order valence-electron chi connectivity index (χ2n) is 6.00. The van der Waals surface area contributed by atoms with E-state index in [9.17, 15) is 4.79 Å². The molecule has 22 heavy (non-hydrogen) atoms. The Balaban J connectivity index is 1.44. The van der Waals surface area contributed by atoms with Gasteiger partial charge in [0.05, 0.1) is 13.2 Å². The monoisotopic (exact) mass is 304 g/mol. The maximum atomic E-state index is 12.2. The standard InChI is InChI=1S/C17H24N2O3/c1-21-14-6-8-15(9-7-14)22-12-11-19-10-2-3-16(19)17(20)18-13-4-5-13/h6-9,13,16H,2-5,10-12H2,1H3,(H,18,20). The molecule has 1 saturated heterocycles. The third-order valence-corrected chi connectivity index (χ3v) is 4.30. The summed E-state index contributed by atoms with van der Waals surface area (Å²) in [5.74, 6) is 1.85. The first-order chi connectivity index (χ1) is 10.8. The molecule has 0 radical (unpaired) electrons. The van der Waals surface area contributed by atoms with Crippen molar-refractivity contribution in [3.63, 3.8) is 0 Å². The van der Waals surface area contributed by atoms with E-state index in [0.29, 0.717) is 12.6 Å². The highest BCUT2D eigenvalue weighted by molar-refractivity contribution is 5.82. The van der Waals surface area contributed by atoms with Gasteiger partial charge in [0.15, 0.2) is 0 Å².